The molecule has 1 aliphatic carbocycles. The molecule has 0 saturated carbocycles. The van der Waals surface area contributed by atoms with Gasteiger partial charge in [0.15, 0.2) is 0 Å². The molecule has 0 aromatic heterocycles. The summed E-state index contributed by atoms with van der Waals surface area (Å²) in [6.45, 7) is 12.8. The van der Waals surface area contributed by atoms with Crippen LogP contribution in [0.25, 0.3) is 0 Å². The molecule has 3 aliphatic heterocycles. The molecule has 5 heteroatoms. The van der Waals surface area contributed by atoms with E-state index >= 15 is 0 Å². The van der Waals surface area contributed by atoms with Crippen LogP contribution in [0.1, 0.15) is 41.5 Å². The van der Waals surface area contributed by atoms with Crippen LogP contribution in [0.15, 0.2) is 43.2 Å². The molecular formula is C18H19NO2S2. The minimum Gasteiger partial charge on any atom is -0.288 e. The summed E-state index contributed by atoms with van der Waals surface area (Å²) in [5, 5.41) is 2.53. The molecule has 2 unspecified atom stereocenters. The van der Waals surface area contributed by atoms with Crippen LogP contribution in [-0.4, -0.2) is 21.3 Å². The van der Waals surface area contributed by atoms with Crippen molar-refractivity contribution in [2.75, 3.05) is 0 Å². The molecular weight excluding hydrogens is 326 g/mol. The second-order valence-corrected chi connectivity index (χ2v) is 10.2. The van der Waals surface area contributed by atoms with Gasteiger partial charge < -0.3 is 0 Å². The minimum absolute atomic E-state index is 0.235. The lowest BCUT2D eigenvalue weighted by molar-refractivity contribution is -0.123. The summed E-state index contributed by atoms with van der Waals surface area (Å²) >= 11 is 3.68. The molecule has 1 saturated heterocycles. The molecule has 0 aromatic carbocycles. The molecule has 0 spiro atoms. The highest BCUT2D eigenvalue weighted by atomic mass is 32.2. The maximum absolute atomic E-state index is 12.6. The average Bonchev–Trinajstić information content (AvgIpc) is 2.95. The van der Waals surface area contributed by atoms with Gasteiger partial charge in [0.05, 0.1) is 20.6 Å². The number of fused-ring (bicyclic) bond motifs is 4. The Morgan fingerprint density at radius 2 is 1.09 bits per heavy atom. The van der Waals surface area contributed by atoms with E-state index in [1.54, 1.807) is 0 Å². The first kappa shape index (κ1) is 15.3. The molecule has 2 atom stereocenters. The average molecular weight is 345 g/mol. The highest BCUT2D eigenvalue weighted by Crippen LogP contribution is 2.69. The highest BCUT2D eigenvalue weighted by Gasteiger charge is 2.63. The number of nitrogens with one attached hydrogen (secondary N) is 1. The Labute approximate surface area is 144 Å². The summed E-state index contributed by atoms with van der Waals surface area (Å²) in [6, 6.07) is 0. The topological polar surface area (TPSA) is 46.2 Å². The van der Waals surface area contributed by atoms with E-state index in [0.29, 0.717) is 11.1 Å². The van der Waals surface area contributed by atoms with Gasteiger partial charge in [-0.3, -0.25) is 14.9 Å². The van der Waals surface area contributed by atoms with Crippen molar-refractivity contribution < 1.29 is 9.59 Å². The Morgan fingerprint density at radius 1 is 0.739 bits per heavy atom. The summed E-state index contributed by atoms with van der Waals surface area (Å²) in [6.07, 6.45) is 0. The Morgan fingerprint density at radius 3 is 1.43 bits per heavy atom. The third-order valence-corrected chi connectivity index (χ3v) is 9.21. The molecule has 0 bridgehead atoms. The van der Waals surface area contributed by atoms with E-state index < -0.39 is 0 Å². The predicted molar refractivity (Wildman–Crippen MR) is 95.9 cm³/mol. The first-order valence-corrected chi connectivity index (χ1v) is 9.36. The van der Waals surface area contributed by atoms with Gasteiger partial charge in [-0.15, -0.1) is 23.5 Å². The molecule has 4 aliphatic rings. The number of carbonyl (C=O) groups excluding carboxylic acids is 2. The predicted octanol–water partition coefficient (Wildman–Crippen LogP) is 3.85. The summed E-state index contributed by atoms with van der Waals surface area (Å²) in [5.74, 6) is -0.476. The van der Waals surface area contributed by atoms with E-state index in [2.05, 4.69) is 46.9 Å². The number of rotatable bonds is 0. The first-order chi connectivity index (χ1) is 10.6. The van der Waals surface area contributed by atoms with Gasteiger partial charge >= 0.3 is 0 Å². The lowest BCUT2D eigenvalue weighted by Crippen LogP contribution is -2.48. The highest BCUT2D eigenvalue weighted by molar-refractivity contribution is 8.09. The lowest BCUT2D eigenvalue weighted by atomic mass is 9.68. The summed E-state index contributed by atoms with van der Waals surface area (Å²) in [4.78, 5) is 27.6. The fourth-order valence-electron chi connectivity index (χ4n) is 4.39. The van der Waals surface area contributed by atoms with Crippen LogP contribution in [0.5, 0.6) is 0 Å². The molecule has 1 fully saturated rings. The zero-order valence-corrected chi connectivity index (χ0v) is 15.8. The molecule has 2 amide bonds. The molecule has 4 rings (SSSR count). The number of amides is 2. The maximum atomic E-state index is 12.6. The zero-order chi connectivity index (χ0) is 16.9. The van der Waals surface area contributed by atoms with Crippen LogP contribution in [0.4, 0.5) is 0 Å². The molecule has 23 heavy (non-hydrogen) atoms. The van der Waals surface area contributed by atoms with Crippen molar-refractivity contribution in [1.29, 1.82) is 0 Å². The third-order valence-electron chi connectivity index (χ3n) is 5.82. The van der Waals surface area contributed by atoms with Gasteiger partial charge in [0.25, 0.3) is 11.8 Å². The van der Waals surface area contributed by atoms with Crippen molar-refractivity contribution >= 4 is 35.3 Å². The van der Waals surface area contributed by atoms with Gasteiger partial charge in [-0.25, -0.2) is 0 Å². The Bertz CT molecular complexity index is 788. The van der Waals surface area contributed by atoms with Crippen LogP contribution in [-0.2, 0) is 9.59 Å². The second kappa shape index (κ2) is 4.25. The number of hydrogen-bond donors (Lipinski definition) is 1. The maximum Gasteiger partial charge on any atom is 0.259 e. The Hall–Kier alpha value is -1.20. The molecule has 1 N–H and O–H groups in total. The van der Waals surface area contributed by atoms with Crippen LogP contribution in [0.3, 0.4) is 0 Å². The van der Waals surface area contributed by atoms with Crippen LogP contribution in [0.2, 0.25) is 0 Å². The van der Waals surface area contributed by atoms with Crippen molar-refractivity contribution in [2.45, 2.75) is 51.0 Å². The molecule has 0 aromatic rings. The van der Waals surface area contributed by atoms with Crippen molar-refractivity contribution in [3.05, 3.63) is 43.2 Å². The SMILES string of the molecule is CC1=C(C)C2=C3C(=O)NC(=O)C3=C3C(C)=C(C)SC3(C)C2(C)S1. The van der Waals surface area contributed by atoms with Crippen LogP contribution >= 0.6 is 23.5 Å². The van der Waals surface area contributed by atoms with Gasteiger partial charge in [-0.05, 0) is 73.6 Å². The molecule has 3 heterocycles. The fraction of sp³-hybridized carbons (Fsp3) is 0.444. The van der Waals surface area contributed by atoms with E-state index in [4.69, 9.17) is 0 Å². The molecule has 3 nitrogen and oxygen atoms in total. The van der Waals surface area contributed by atoms with Gasteiger partial charge in [0, 0.05) is 0 Å². The quantitative estimate of drug-likeness (QED) is 0.678. The normalized spacial score (nSPS) is 36.1. The second-order valence-electron chi connectivity index (χ2n) is 6.92. The smallest absolute Gasteiger partial charge is 0.259 e. The van der Waals surface area contributed by atoms with E-state index in [-0.39, 0.29) is 21.3 Å². The number of hydrogen-bond acceptors (Lipinski definition) is 4. The van der Waals surface area contributed by atoms with Gasteiger partial charge in [-0.1, -0.05) is 0 Å². The largest absolute Gasteiger partial charge is 0.288 e. The number of allylic oxidation sites excluding steroid dienone is 4. The van der Waals surface area contributed by atoms with E-state index in [1.807, 2.05) is 23.5 Å². The first-order valence-electron chi connectivity index (χ1n) is 7.72. The Balaban J connectivity index is 2.18. The number of imide groups is 1. The minimum atomic E-state index is -0.238. The molecule has 0 radical (unpaired) electrons. The number of thioether (sulfide) groups is 2. The van der Waals surface area contributed by atoms with E-state index in [0.717, 1.165) is 22.3 Å². The van der Waals surface area contributed by atoms with Crippen molar-refractivity contribution in [3.63, 3.8) is 0 Å². The lowest BCUT2D eigenvalue weighted by Gasteiger charge is -2.46. The van der Waals surface area contributed by atoms with E-state index in [9.17, 15) is 9.59 Å². The third kappa shape index (κ3) is 1.51. The molecule has 120 valence electrons. The fourth-order valence-corrected chi connectivity index (χ4v) is 7.68. The van der Waals surface area contributed by atoms with Crippen LogP contribution in [0, 0.1) is 0 Å². The zero-order valence-electron chi connectivity index (χ0n) is 14.1. The summed E-state index contributed by atoms with van der Waals surface area (Å²) < 4.78 is -0.470. The summed E-state index contributed by atoms with van der Waals surface area (Å²) in [5.41, 5.74) is 5.64. The van der Waals surface area contributed by atoms with Gasteiger partial charge in [0.1, 0.15) is 0 Å². The van der Waals surface area contributed by atoms with Crippen molar-refractivity contribution in [2.24, 2.45) is 0 Å². The monoisotopic (exact) mass is 345 g/mol. The summed E-state index contributed by atoms with van der Waals surface area (Å²) in [7, 11) is 0. The van der Waals surface area contributed by atoms with Gasteiger partial charge in [0.2, 0.25) is 0 Å². The standard InChI is InChI=1S/C18H19NO2S2/c1-7-9(3)22-17(5)13(7)11-12(16(21)19-15(11)20)14-8(2)10(4)23-18(14,17)6/h1-6H3,(H,19,20,21). The number of carbonyl (C=O) groups is 2. The Kier molecular flexibility index (Phi) is 2.83. The van der Waals surface area contributed by atoms with Crippen molar-refractivity contribution in [3.8, 4) is 0 Å². The van der Waals surface area contributed by atoms with Crippen molar-refractivity contribution in [1.82, 2.24) is 5.32 Å². The van der Waals surface area contributed by atoms with Crippen LogP contribution < -0.4 is 5.32 Å². The van der Waals surface area contributed by atoms with Gasteiger partial charge in [-0.2, -0.15) is 0 Å². The van der Waals surface area contributed by atoms with E-state index in [1.165, 1.54) is 9.81 Å².